The standard InChI is InChI=1S/C26H26ClN3O4S2/c1-2-3-9-22-28-23(24(27)29-22)21(16-31)18-12-10-17(11-13-18)20-14-15-35-26(20)36(33,34)30-25(32)19-7-5-4-6-8-19/h4-8,10-15,21,31H,2-3,9,16H2,1H3,(H,28,29)(H,30,32). The summed E-state index contributed by atoms with van der Waals surface area (Å²) in [5.74, 6) is -0.298. The van der Waals surface area contributed by atoms with Gasteiger partial charge in [0.25, 0.3) is 15.9 Å². The fourth-order valence-electron chi connectivity index (χ4n) is 3.90. The summed E-state index contributed by atoms with van der Waals surface area (Å²) in [5, 5.41) is 12.1. The molecule has 0 bridgehead atoms. The number of amides is 1. The maximum Gasteiger partial charge on any atom is 0.274 e. The number of aliphatic hydroxyl groups excluding tert-OH is 1. The van der Waals surface area contributed by atoms with Crippen molar-refractivity contribution < 1.29 is 18.3 Å². The monoisotopic (exact) mass is 543 g/mol. The van der Waals surface area contributed by atoms with Crippen LogP contribution in [0, 0.1) is 0 Å². The van der Waals surface area contributed by atoms with Gasteiger partial charge in [-0.25, -0.2) is 18.1 Å². The van der Waals surface area contributed by atoms with Gasteiger partial charge in [0.15, 0.2) is 5.15 Å². The number of hydrogen-bond donors (Lipinski definition) is 3. The number of hydrogen-bond acceptors (Lipinski definition) is 6. The van der Waals surface area contributed by atoms with Gasteiger partial charge in [-0.1, -0.05) is 67.4 Å². The summed E-state index contributed by atoms with van der Waals surface area (Å²) in [5.41, 5.74) is 2.88. The molecule has 4 aromatic rings. The second kappa shape index (κ2) is 11.4. The van der Waals surface area contributed by atoms with Gasteiger partial charge >= 0.3 is 0 Å². The number of halogens is 1. The third-order valence-corrected chi connectivity index (χ3v) is 8.90. The molecule has 0 aliphatic carbocycles. The summed E-state index contributed by atoms with van der Waals surface area (Å²) >= 11 is 7.40. The maximum atomic E-state index is 13.0. The molecular formula is C26H26ClN3O4S2. The van der Waals surface area contributed by atoms with Crippen molar-refractivity contribution in [3.8, 4) is 11.1 Å². The van der Waals surface area contributed by atoms with Gasteiger partial charge in [0.05, 0.1) is 18.2 Å². The Morgan fingerprint density at radius 1 is 1.14 bits per heavy atom. The molecule has 3 N–H and O–H groups in total. The minimum absolute atomic E-state index is 0.0513. The number of imidazole rings is 1. The zero-order valence-electron chi connectivity index (χ0n) is 19.6. The molecule has 0 aliphatic rings. The zero-order chi connectivity index (χ0) is 25.7. The van der Waals surface area contributed by atoms with Crippen molar-refractivity contribution in [3.63, 3.8) is 0 Å². The van der Waals surface area contributed by atoms with Crippen LogP contribution in [-0.2, 0) is 16.4 Å². The first kappa shape index (κ1) is 26.1. The van der Waals surface area contributed by atoms with E-state index in [1.54, 1.807) is 53.9 Å². The van der Waals surface area contributed by atoms with Gasteiger partial charge in [-0.2, -0.15) is 0 Å². The van der Waals surface area contributed by atoms with E-state index in [1.165, 1.54) is 0 Å². The number of sulfonamides is 1. The van der Waals surface area contributed by atoms with Gasteiger partial charge in [0, 0.05) is 17.5 Å². The Bertz CT molecular complexity index is 1430. The van der Waals surface area contributed by atoms with Crippen LogP contribution in [0.1, 0.15) is 53.1 Å². The average molecular weight is 544 g/mol. The Morgan fingerprint density at radius 2 is 1.86 bits per heavy atom. The molecule has 1 amide bonds. The van der Waals surface area contributed by atoms with Crippen molar-refractivity contribution in [1.82, 2.24) is 14.7 Å². The topological polar surface area (TPSA) is 112 Å². The highest BCUT2D eigenvalue weighted by molar-refractivity contribution is 7.92. The number of carbonyl (C=O) groups is 1. The fraction of sp³-hybridized carbons (Fsp3) is 0.231. The second-order valence-electron chi connectivity index (χ2n) is 8.27. The predicted octanol–water partition coefficient (Wildman–Crippen LogP) is 5.38. The third-order valence-electron chi connectivity index (χ3n) is 5.79. The quantitative estimate of drug-likeness (QED) is 0.249. The van der Waals surface area contributed by atoms with Crippen LogP contribution >= 0.6 is 22.9 Å². The average Bonchev–Trinajstić information content (AvgIpc) is 3.52. The number of H-pyrrole nitrogens is 1. The first-order valence-electron chi connectivity index (χ1n) is 11.5. The van der Waals surface area contributed by atoms with E-state index >= 15 is 0 Å². The van der Waals surface area contributed by atoms with Crippen LogP contribution in [0.15, 0.2) is 70.3 Å². The summed E-state index contributed by atoms with van der Waals surface area (Å²) in [6, 6.07) is 17.1. The van der Waals surface area contributed by atoms with E-state index in [0.717, 1.165) is 42.0 Å². The molecule has 2 heterocycles. The van der Waals surface area contributed by atoms with Crippen LogP contribution < -0.4 is 4.72 Å². The Balaban J connectivity index is 1.57. The second-order valence-corrected chi connectivity index (χ2v) is 11.4. The maximum absolute atomic E-state index is 13.0. The lowest BCUT2D eigenvalue weighted by Gasteiger charge is -2.14. The van der Waals surface area contributed by atoms with E-state index in [1.807, 2.05) is 12.1 Å². The van der Waals surface area contributed by atoms with Crippen LogP contribution in [0.5, 0.6) is 0 Å². The number of thiophene rings is 1. The van der Waals surface area contributed by atoms with Crippen molar-refractivity contribution in [2.45, 2.75) is 36.3 Å². The lowest BCUT2D eigenvalue weighted by Crippen LogP contribution is -2.30. The van der Waals surface area contributed by atoms with Crippen LogP contribution in [0.3, 0.4) is 0 Å². The number of benzene rings is 2. The van der Waals surface area contributed by atoms with Gasteiger partial charge in [-0.05, 0) is 41.1 Å². The molecule has 0 aliphatic heterocycles. The van der Waals surface area contributed by atoms with E-state index in [9.17, 15) is 18.3 Å². The first-order valence-corrected chi connectivity index (χ1v) is 14.2. The number of carbonyl (C=O) groups excluding carboxylic acids is 1. The number of aromatic amines is 1. The van der Waals surface area contributed by atoms with Crippen LogP contribution in [0.4, 0.5) is 0 Å². The molecule has 4 rings (SSSR count). The van der Waals surface area contributed by atoms with Crippen molar-refractivity contribution in [1.29, 1.82) is 0 Å². The van der Waals surface area contributed by atoms with Crippen molar-refractivity contribution in [3.05, 3.63) is 93.8 Å². The first-order chi connectivity index (χ1) is 17.3. The molecule has 0 saturated heterocycles. The Morgan fingerprint density at radius 3 is 2.53 bits per heavy atom. The van der Waals surface area contributed by atoms with E-state index in [0.29, 0.717) is 22.0 Å². The number of aryl methyl sites for hydroxylation is 1. The summed E-state index contributed by atoms with van der Waals surface area (Å²) in [6.07, 6.45) is 2.80. The largest absolute Gasteiger partial charge is 0.395 e. The molecule has 0 radical (unpaired) electrons. The van der Waals surface area contributed by atoms with Crippen LogP contribution in [0.25, 0.3) is 11.1 Å². The van der Waals surface area contributed by atoms with Gasteiger partial charge < -0.3 is 10.1 Å². The van der Waals surface area contributed by atoms with Crippen molar-refractivity contribution in [2.75, 3.05) is 6.61 Å². The summed E-state index contributed by atoms with van der Waals surface area (Å²) < 4.78 is 28.2. The number of nitrogens with zero attached hydrogens (tertiary/aromatic N) is 1. The summed E-state index contributed by atoms with van der Waals surface area (Å²) in [7, 11) is -4.08. The van der Waals surface area contributed by atoms with Crippen LogP contribution in [-0.4, -0.2) is 36.0 Å². The lowest BCUT2D eigenvalue weighted by atomic mass is 9.95. The molecule has 1 atom stereocenters. The molecule has 0 spiro atoms. The molecular weight excluding hydrogens is 518 g/mol. The predicted molar refractivity (Wildman–Crippen MR) is 142 cm³/mol. The van der Waals surface area contributed by atoms with E-state index in [-0.39, 0.29) is 16.4 Å². The highest BCUT2D eigenvalue weighted by Gasteiger charge is 2.25. The minimum Gasteiger partial charge on any atom is -0.395 e. The highest BCUT2D eigenvalue weighted by Crippen LogP contribution is 2.34. The van der Waals surface area contributed by atoms with E-state index in [4.69, 9.17) is 11.6 Å². The van der Waals surface area contributed by atoms with Gasteiger partial charge in [-0.3, -0.25) is 4.79 Å². The Hall–Kier alpha value is -2.98. The van der Waals surface area contributed by atoms with Crippen LogP contribution in [0.2, 0.25) is 5.15 Å². The van der Waals surface area contributed by atoms with Gasteiger partial charge in [0.1, 0.15) is 10.0 Å². The lowest BCUT2D eigenvalue weighted by molar-refractivity contribution is 0.0981. The molecule has 1 unspecified atom stereocenters. The van der Waals surface area contributed by atoms with E-state index < -0.39 is 21.8 Å². The Kier molecular flexibility index (Phi) is 8.25. The minimum atomic E-state index is -4.08. The normalized spacial score (nSPS) is 12.4. The molecule has 188 valence electrons. The third kappa shape index (κ3) is 5.70. The molecule has 2 aromatic heterocycles. The molecule has 0 fully saturated rings. The number of aliphatic hydroxyl groups is 1. The van der Waals surface area contributed by atoms with Gasteiger partial charge in [-0.15, -0.1) is 11.3 Å². The summed E-state index contributed by atoms with van der Waals surface area (Å²) in [4.78, 5) is 20.1. The van der Waals surface area contributed by atoms with Crippen molar-refractivity contribution >= 4 is 38.9 Å². The highest BCUT2D eigenvalue weighted by atomic mass is 35.5. The smallest absolute Gasteiger partial charge is 0.274 e. The van der Waals surface area contributed by atoms with Crippen molar-refractivity contribution in [2.24, 2.45) is 0 Å². The zero-order valence-corrected chi connectivity index (χ0v) is 22.0. The molecule has 7 nitrogen and oxygen atoms in total. The SMILES string of the molecule is CCCCc1nc(Cl)c(C(CO)c2ccc(-c3ccsc3S(=O)(=O)NC(=O)c3ccccc3)cc2)[nH]1. The Labute approximate surface area is 219 Å². The number of aromatic nitrogens is 2. The molecule has 0 saturated carbocycles. The molecule has 36 heavy (non-hydrogen) atoms. The van der Waals surface area contributed by atoms with Gasteiger partial charge in [0.2, 0.25) is 0 Å². The fourth-order valence-corrected chi connectivity index (χ4v) is 6.55. The number of nitrogens with one attached hydrogen (secondary N) is 2. The van der Waals surface area contributed by atoms with E-state index in [2.05, 4.69) is 21.6 Å². The number of unbranched alkanes of at least 4 members (excludes halogenated alkanes) is 1. The molecule has 10 heteroatoms. The molecule has 2 aromatic carbocycles. The summed E-state index contributed by atoms with van der Waals surface area (Å²) in [6.45, 7) is 1.93. The number of rotatable bonds is 10.